The fourth-order valence-electron chi connectivity index (χ4n) is 0.948. The SMILES string of the molecule is Cc1nc(CN=C(N)C(C)C)oc1C. The Kier molecular flexibility index (Phi) is 3.28. The van der Waals surface area contributed by atoms with E-state index in [0.717, 1.165) is 11.5 Å². The van der Waals surface area contributed by atoms with Crippen molar-refractivity contribution >= 4 is 5.84 Å². The molecular formula is C10H17N3O. The molecule has 14 heavy (non-hydrogen) atoms. The summed E-state index contributed by atoms with van der Waals surface area (Å²) in [6.07, 6.45) is 0. The summed E-state index contributed by atoms with van der Waals surface area (Å²) in [6, 6.07) is 0. The molecule has 0 aliphatic heterocycles. The van der Waals surface area contributed by atoms with Gasteiger partial charge in [-0.25, -0.2) is 4.98 Å². The maximum Gasteiger partial charge on any atom is 0.216 e. The van der Waals surface area contributed by atoms with E-state index >= 15 is 0 Å². The van der Waals surface area contributed by atoms with Gasteiger partial charge in [0.1, 0.15) is 12.3 Å². The van der Waals surface area contributed by atoms with Gasteiger partial charge in [0.05, 0.1) is 11.5 Å². The van der Waals surface area contributed by atoms with E-state index in [-0.39, 0.29) is 5.92 Å². The average molecular weight is 195 g/mol. The molecule has 1 rings (SSSR count). The second kappa shape index (κ2) is 4.26. The number of hydrogen-bond donors (Lipinski definition) is 1. The molecule has 0 aliphatic carbocycles. The molecule has 1 heterocycles. The van der Waals surface area contributed by atoms with Gasteiger partial charge in [-0.05, 0) is 13.8 Å². The molecule has 0 amide bonds. The Balaban J connectivity index is 2.66. The highest BCUT2D eigenvalue weighted by Gasteiger charge is 2.05. The van der Waals surface area contributed by atoms with Crippen molar-refractivity contribution in [1.29, 1.82) is 0 Å². The number of oxazole rings is 1. The summed E-state index contributed by atoms with van der Waals surface area (Å²) < 4.78 is 5.37. The van der Waals surface area contributed by atoms with Gasteiger partial charge in [-0.15, -0.1) is 0 Å². The minimum atomic E-state index is 0.271. The normalized spacial score (nSPS) is 12.5. The van der Waals surface area contributed by atoms with Crippen LogP contribution in [-0.2, 0) is 6.54 Å². The Morgan fingerprint density at radius 1 is 1.50 bits per heavy atom. The molecule has 1 aromatic heterocycles. The van der Waals surface area contributed by atoms with E-state index in [4.69, 9.17) is 10.2 Å². The lowest BCUT2D eigenvalue weighted by Crippen LogP contribution is -2.18. The van der Waals surface area contributed by atoms with Gasteiger partial charge in [0.15, 0.2) is 0 Å². The monoisotopic (exact) mass is 195 g/mol. The highest BCUT2D eigenvalue weighted by atomic mass is 16.4. The third-order valence-corrected chi connectivity index (χ3v) is 2.06. The summed E-state index contributed by atoms with van der Waals surface area (Å²) in [5.74, 6) is 2.38. The van der Waals surface area contributed by atoms with E-state index in [2.05, 4.69) is 9.98 Å². The van der Waals surface area contributed by atoms with Gasteiger partial charge in [-0.3, -0.25) is 4.99 Å². The van der Waals surface area contributed by atoms with Crippen LogP contribution < -0.4 is 5.73 Å². The van der Waals surface area contributed by atoms with Crippen molar-refractivity contribution in [3.05, 3.63) is 17.3 Å². The summed E-state index contributed by atoms with van der Waals surface area (Å²) in [7, 11) is 0. The van der Waals surface area contributed by atoms with E-state index in [1.807, 2.05) is 27.7 Å². The van der Waals surface area contributed by atoms with Gasteiger partial charge in [0, 0.05) is 5.92 Å². The van der Waals surface area contributed by atoms with Gasteiger partial charge in [-0.2, -0.15) is 0 Å². The Morgan fingerprint density at radius 3 is 2.57 bits per heavy atom. The predicted octanol–water partition coefficient (Wildman–Crippen LogP) is 1.80. The van der Waals surface area contributed by atoms with Crippen LogP contribution in [0.4, 0.5) is 0 Å². The molecule has 0 saturated heterocycles. The fraction of sp³-hybridized carbons (Fsp3) is 0.600. The van der Waals surface area contributed by atoms with Gasteiger partial charge >= 0.3 is 0 Å². The highest BCUT2D eigenvalue weighted by molar-refractivity contribution is 5.82. The van der Waals surface area contributed by atoms with Crippen molar-refractivity contribution in [2.75, 3.05) is 0 Å². The second-order valence-corrected chi connectivity index (χ2v) is 3.64. The van der Waals surface area contributed by atoms with Crippen LogP contribution in [0.15, 0.2) is 9.41 Å². The topological polar surface area (TPSA) is 64.4 Å². The van der Waals surface area contributed by atoms with Crippen LogP contribution in [0.25, 0.3) is 0 Å². The average Bonchev–Trinajstić information content (AvgIpc) is 2.42. The standard InChI is InChI=1S/C10H17N3O/c1-6(2)10(11)12-5-9-13-7(3)8(4)14-9/h6H,5H2,1-4H3,(H2,11,12). The van der Waals surface area contributed by atoms with Gasteiger partial charge in [0.2, 0.25) is 5.89 Å². The van der Waals surface area contributed by atoms with Crippen LogP contribution in [0.1, 0.15) is 31.2 Å². The molecule has 0 spiro atoms. The molecule has 2 N–H and O–H groups in total. The molecule has 78 valence electrons. The molecule has 0 atom stereocenters. The molecule has 0 bridgehead atoms. The number of hydrogen-bond acceptors (Lipinski definition) is 3. The van der Waals surface area contributed by atoms with E-state index in [1.165, 1.54) is 0 Å². The molecule has 0 aromatic carbocycles. The zero-order valence-electron chi connectivity index (χ0n) is 9.16. The summed E-state index contributed by atoms with van der Waals surface area (Å²) in [5.41, 5.74) is 6.60. The zero-order valence-corrected chi connectivity index (χ0v) is 9.16. The molecule has 0 saturated carbocycles. The lowest BCUT2D eigenvalue weighted by Gasteiger charge is -2.01. The van der Waals surface area contributed by atoms with E-state index in [0.29, 0.717) is 18.3 Å². The molecule has 4 heteroatoms. The Hall–Kier alpha value is -1.32. The van der Waals surface area contributed by atoms with Gasteiger partial charge in [0.25, 0.3) is 0 Å². The largest absolute Gasteiger partial charge is 0.444 e. The third-order valence-electron chi connectivity index (χ3n) is 2.06. The molecule has 0 fully saturated rings. The summed E-state index contributed by atoms with van der Waals surface area (Å²) in [5, 5.41) is 0. The molecule has 0 unspecified atom stereocenters. The Bertz CT molecular complexity index is 320. The highest BCUT2D eigenvalue weighted by Crippen LogP contribution is 2.09. The lowest BCUT2D eigenvalue weighted by molar-refractivity contribution is 0.473. The van der Waals surface area contributed by atoms with Crippen LogP contribution in [-0.4, -0.2) is 10.8 Å². The van der Waals surface area contributed by atoms with Crippen molar-refractivity contribution < 1.29 is 4.42 Å². The number of rotatable bonds is 3. The summed E-state index contributed by atoms with van der Waals surface area (Å²) >= 11 is 0. The summed E-state index contributed by atoms with van der Waals surface area (Å²) in [6.45, 7) is 8.24. The van der Waals surface area contributed by atoms with Crippen molar-refractivity contribution in [1.82, 2.24) is 4.98 Å². The van der Waals surface area contributed by atoms with E-state index < -0.39 is 0 Å². The summed E-state index contributed by atoms with van der Waals surface area (Å²) in [4.78, 5) is 8.40. The van der Waals surface area contributed by atoms with Crippen molar-refractivity contribution in [3.8, 4) is 0 Å². The number of nitrogens with two attached hydrogens (primary N) is 1. The van der Waals surface area contributed by atoms with Gasteiger partial charge in [-0.1, -0.05) is 13.8 Å². The van der Waals surface area contributed by atoms with Crippen molar-refractivity contribution in [2.24, 2.45) is 16.6 Å². The minimum absolute atomic E-state index is 0.271. The second-order valence-electron chi connectivity index (χ2n) is 3.64. The van der Waals surface area contributed by atoms with Crippen LogP contribution in [0, 0.1) is 19.8 Å². The molecule has 0 aliphatic rings. The number of aliphatic imine (C=N–C) groups is 1. The van der Waals surface area contributed by atoms with Crippen LogP contribution in [0.5, 0.6) is 0 Å². The first-order chi connectivity index (χ1) is 6.50. The van der Waals surface area contributed by atoms with Crippen LogP contribution >= 0.6 is 0 Å². The first kappa shape index (κ1) is 10.8. The lowest BCUT2D eigenvalue weighted by atomic mass is 10.2. The third kappa shape index (κ3) is 2.58. The number of aryl methyl sites for hydroxylation is 2. The van der Waals surface area contributed by atoms with Crippen LogP contribution in [0.3, 0.4) is 0 Å². The predicted molar refractivity (Wildman–Crippen MR) is 56.1 cm³/mol. The maximum absolute atomic E-state index is 5.69. The Morgan fingerprint density at radius 2 is 2.14 bits per heavy atom. The van der Waals surface area contributed by atoms with Crippen molar-refractivity contribution in [2.45, 2.75) is 34.2 Å². The first-order valence-electron chi connectivity index (χ1n) is 4.73. The van der Waals surface area contributed by atoms with Crippen LogP contribution in [0.2, 0.25) is 0 Å². The number of nitrogens with zero attached hydrogens (tertiary/aromatic N) is 2. The fourth-order valence-corrected chi connectivity index (χ4v) is 0.948. The van der Waals surface area contributed by atoms with E-state index in [9.17, 15) is 0 Å². The number of amidine groups is 1. The number of aromatic nitrogens is 1. The van der Waals surface area contributed by atoms with Crippen molar-refractivity contribution in [3.63, 3.8) is 0 Å². The zero-order chi connectivity index (χ0) is 10.7. The maximum atomic E-state index is 5.69. The molecule has 1 aromatic rings. The molecule has 4 nitrogen and oxygen atoms in total. The minimum Gasteiger partial charge on any atom is -0.444 e. The van der Waals surface area contributed by atoms with Gasteiger partial charge < -0.3 is 10.2 Å². The molecule has 0 radical (unpaired) electrons. The quantitative estimate of drug-likeness (QED) is 0.591. The smallest absolute Gasteiger partial charge is 0.216 e. The van der Waals surface area contributed by atoms with E-state index in [1.54, 1.807) is 0 Å². The Labute approximate surface area is 84.2 Å². The molecular weight excluding hydrogens is 178 g/mol. The first-order valence-corrected chi connectivity index (χ1v) is 4.73.